The fourth-order valence-electron chi connectivity index (χ4n) is 4.47. The van der Waals surface area contributed by atoms with E-state index in [0.717, 1.165) is 52.2 Å². The molecule has 176 valence electrons. The van der Waals surface area contributed by atoms with Gasteiger partial charge in [0.05, 0.1) is 0 Å². The Balaban J connectivity index is 1.91. The largest absolute Gasteiger partial charge is 0.477 e. The first kappa shape index (κ1) is 24.0. The first-order valence-electron chi connectivity index (χ1n) is 11.8. The molecule has 4 heteroatoms. The van der Waals surface area contributed by atoms with E-state index in [2.05, 4.69) is 39.0 Å². The van der Waals surface area contributed by atoms with Gasteiger partial charge in [-0.25, -0.2) is 4.79 Å². The lowest BCUT2D eigenvalue weighted by atomic mass is 9.69. The van der Waals surface area contributed by atoms with Crippen molar-refractivity contribution in [2.75, 3.05) is 0 Å². The highest BCUT2D eigenvalue weighted by Crippen LogP contribution is 2.49. The maximum atomic E-state index is 11.2. The minimum absolute atomic E-state index is 0.0670. The fourth-order valence-corrected chi connectivity index (χ4v) is 4.47. The van der Waals surface area contributed by atoms with Gasteiger partial charge in [0.1, 0.15) is 23.2 Å². The molecule has 35 heavy (non-hydrogen) atoms. The Morgan fingerprint density at radius 3 is 2.23 bits per heavy atom. The predicted octanol–water partition coefficient (Wildman–Crippen LogP) is 7.31. The van der Waals surface area contributed by atoms with Crippen LogP contribution in [0.5, 0.6) is 0 Å². The van der Waals surface area contributed by atoms with Crippen LogP contribution in [-0.2, 0) is 9.53 Å². The van der Waals surface area contributed by atoms with E-state index in [0.29, 0.717) is 5.92 Å². The van der Waals surface area contributed by atoms with Crippen LogP contribution in [0, 0.1) is 22.7 Å². The minimum Gasteiger partial charge on any atom is -0.477 e. The summed E-state index contributed by atoms with van der Waals surface area (Å²) >= 11 is 0. The lowest BCUT2D eigenvalue weighted by Gasteiger charge is -2.39. The van der Waals surface area contributed by atoms with Crippen LogP contribution >= 0.6 is 0 Å². The molecule has 2 aromatic rings. The van der Waals surface area contributed by atoms with E-state index >= 15 is 0 Å². The Hall–Kier alpha value is -4.10. The van der Waals surface area contributed by atoms with Crippen LogP contribution in [0.15, 0.2) is 107 Å². The molecule has 4 rings (SSSR count). The molecule has 1 aliphatic carbocycles. The molecule has 1 N–H and O–H groups in total. The number of allylic oxidation sites excluding steroid dienone is 7. The van der Waals surface area contributed by atoms with E-state index in [1.807, 2.05) is 54.6 Å². The first-order chi connectivity index (χ1) is 16.8. The molecule has 1 atom stereocenters. The number of carboxylic acids is 1. The summed E-state index contributed by atoms with van der Waals surface area (Å²) in [6, 6.07) is 22.1. The number of aliphatic carboxylic acids is 1. The Kier molecular flexibility index (Phi) is 6.89. The van der Waals surface area contributed by atoms with E-state index < -0.39 is 5.97 Å². The van der Waals surface area contributed by atoms with Crippen molar-refractivity contribution >= 4 is 17.3 Å². The van der Waals surface area contributed by atoms with Crippen molar-refractivity contribution in [3.8, 4) is 6.07 Å². The van der Waals surface area contributed by atoms with E-state index in [4.69, 9.17) is 10.00 Å². The summed E-state index contributed by atoms with van der Waals surface area (Å²) < 4.78 is 6.56. The average molecular weight is 464 g/mol. The molecule has 0 aromatic heterocycles. The third-order valence-corrected chi connectivity index (χ3v) is 6.57. The third-order valence-electron chi connectivity index (χ3n) is 6.57. The normalized spacial score (nSPS) is 18.6. The number of carboxylic acid groups (broad SMARTS) is 1. The molecule has 1 aliphatic heterocycles. The second-order valence-corrected chi connectivity index (χ2v) is 9.92. The van der Waals surface area contributed by atoms with E-state index in [1.54, 1.807) is 12.1 Å². The summed E-state index contributed by atoms with van der Waals surface area (Å²) in [5.74, 6) is 0.737. The molecule has 0 radical (unpaired) electrons. The number of hydrogen-bond donors (Lipinski definition) is 1. The molecule has 2 aliphatic rings. The SMILES string of the molecule is CC(C)(C)C1CC(/C=C/C=C(/C#N)C(=O)O)=C2OC(c3ccccc3)=CC(c3ccccc3)=C2C1. The van der Waals surface area contributed by atoms with Crippen molar-refractivity contribution in [1.29, 1.82) is 5.26 Å². The van der Waals surface area contributed by atoms with Gasteiger partial charge >= 0.3 is 5.97 Å². The van der Waals surface area contributed by atoms with Gasteiger partial charge in [-0.05, 0) is 53.0 Å². The minimum atomic E-state index is -1.24. The Labute approximate surface area is 206 Å². The third kappa shape index (κ3) is 5.36. The van der Waals surface area contributed by atoms with Crippen LogP contribution in [0.3, 0.4) is 0 Å². The quantitative estimate of drug-likeness (QED) is 0.287. The van der Waals surface area contributed by atoms with Crippen LogP contribution in [-0.4, -0.2) is 11.1 Å². The molecule has 0 amide bonds. The zero-order valence-electron chi connectivity index (χ0n) is 20.3. The molecule has 1 heterocycles. The van der Waals surface area contributed by atoms with Crippen LogP contribution in [0.25, 0.3) is 11.3 Å². The van der Waals surface area contributed by atoms with Gasteiger partial charge in [0.15, 0.2) is 0 Å². The molecule has 1 unspecified atom stereocenters. The molecule has 0 saturated carbocycles. The average Bonchev–Trinajstić information content (AvgIpc) is 2.86. The van der Waals surface area contributed by atoms with Gasteiger partial charge < -0.3 is 9.84 Å². The number of hydrogen-bond acceptors (Lipinski definition) is 3. The summed E-state index contributed by atoms with van der Waals surface area (Å²) in [6.45, 7) is 6.75. The van der Waals surface area contributed by atoms with Crippen LogP contribution < -0.4 is 0 Å². The number of fused-ring (bicyclic) bond motifs is 1. The summed E-state index contributed by atoms with van der Waals surface area (Å²) in [4.78, 5) is 11.2. The number of carbonyl (C=O) groups is 1. The van der Waals surface area contributed by atoms with Crippen molar-refractivity contribution in [2.24, 2.45) is 11.3 Å². The van der Waals surface area contributed by atoms with Gasteiger partial charge in [0.25, 0.3) is 0 Å². The van der Waals surface area contributed by atoms with E-state index in [1.165, 1.54) is 6.08 Å². The maximum Gasteiger partial charge on any atom is 0.346 e. The summed E-state index contributed by atoms with van der Waals surface area (Å²) in [5.41, 5.74) is 5.19. The molecule has 0 fully saturated rings. The molecular weight excluding hydrogens is 434 g/mol. The lowest BCUT2D eigenvalue weighted by Crippen LogP contribution is -2.27. The van der Waals surface area contributed by atoms with Crippen LogP contribution in [0.1, 0.15) is 44.7 Å². The second-order valence-electron chi connectivity index (χ2n) is 9.92. The predicted molar refractivity (Wildman–Crippen MR) is 139 cm³/mol. The topological polar surface area (TPSA) is 70.3 Å². The summed E-state index contributed by atoms with van der Waals surface area (Å²) in [6.07, 6.45) is 8.69. The highest BCUT2D eigenvalue weighted by atomic mass is 16.5. The van der Waals surface area contributed by atoms with Crippen molar-refractivity contribution in [3.63, 3.8) is 0 Å². The lowest BCUT2D eigenvalue weighted by molar-refractivity contribution is -0.132. The van der Waals surface area contributed by atoms with Crippen molar-refractivity contribution < 1.29 is 14.6 Å². The molecular formula is C31H29NO3. The van der Waals surface area contributed by atoms with E-state index in [9.17, 15) is 9.90 Å². The van der Waals surface area contributed by atoms with Gasteiger partial charge in [-0.2, -0.15) is 5.26 Å². The molecule has 0 saturated heterocycles. The number of nitriles is 1. The molecule has 2 aromatic carbocycles. The Bertz CT molecular complexity index is 1310. The highest BCUT2D eigenvalue weighted by molar-refractivity contribution is 5.91. The highest BCUT2D eigenvalue weighted by Gasteiger charge is 2.36. The fraction of sp³-hybridized carbons (Fsp3) is 0.226. The van der Waals surface area contributed by atoms with Gasteiger partial charge in [-0.15, -0.1) is 0 Å². The monoisotopic (exact) mass is 463 g/mol. The number of nitrogens with zero attached hydrogens (tertiary/aromatic N) is 1. The smallest absolute Gasteiger partial charge is 0.346 e. The zero-order valence-corrected chi connectivity index (χ0v) is 20.3. The number of rotatable bonds is 5. The second kappa shape index (κ2) is 10.0. The van der Waals surface area contributed by atoms with Crippen molar-refractivity contribution in [2.45, 2.75) is 33.6 Å². The van der Waals surface area contributed by atoms with Gasteiger partial charge in [-0.3, -0.25) is 0 Å². The van der Waals surface area contributed by atoms with Gasteiger partial charge in [0, 0.05) is 11.1 Å². The zero-order chi connectivity index (χ0) is 25.0. The van der Waals surface area contributed by atoms with Crippen molar-refractivity contribution in [1.82, 2.24) is 0 Å². The van der Waals surface area contributed by atoms with Gasteiger partial charge in [-0.1, -0.05) is 93.6 Å². The summed E-state index contributed by atoms with van der Waals surface area (Å²) in [5, 5.41) is 18.3. The molecule has 4 nitrogen and oxygen atoms in total. The molecule has 0 spiro atoms. The van der Waals surface area contributed by atoms with Crippen LogP contribution in [0.2, 0.25) is 0 Å². The summed E-state index contributed by atoms with van der Waals surface area (Å²) in [7, 11) is 0. The Morgan fingerprint density at radius 2 is 1.66 bits per heavy atom. The first-order valence-corrected chi connectivity index (χ1v) is 11.8. The standard InChI is InChI=1S/C31H29NO3/c1-31(2,3)25-17-23(15-10-16-24(20-32)30(33)34)29-27(18-25)26(21-11-6-4-7-12-21)19-28(35-29)22-13-8-5-9-14-22/h4-16,19,25H,17-18H2,1-3H3,(H,33,34)/b15-10+,24-16-. The number of ether oxygens (including phenoxy) is 1. The van der Waals surface area contributed by atoms with Crippen molar-refractivity contribution in [3.05, 3.63) is 119 Å². The van der Waals surface area contributed by atoms with Crippen LogP contribution in [0.4, 0.5) is 0 Å². The van der Waals surface area contributed by atoms with E-state index in [-0.39, 0.29) is 11.0 Å². The molecule has 0 bridgehead atoms. The Morgan fingerprint density at radius 1 is 1.03 bits per heavy atom. The maximum absolute atomic E-state index is 11.2. The number of benzene rings is 2. The van der Waals surface area contributed by atoms with Gasteiger partial charge in [0.2, 0.25) is 0 Å².